The molecular weight excluding hydrogens is 304 g/mol. The van der Waals surface area contributed by atoms with Crippen LogP contribution in [0, 0.1) is 0 Å². The molecule has 0 aromatic carbocycles. The van der Waals surface area contributed by atoms with E-state index in [2.05, 4.69) is 31.4 Å². The fraction of sp³-hybridized carbons (Fsp3) is 0.692. The summed E-state index contributed by atoms with van der Waals surface area (Å²) in [6.45, 7) is 5.52. The minimum atomic E-state index is 0.542. The molecule has 0 saturated heterocycles. The van der Waals surface area contributed by atoms with Gasteiger partial charge < -0.3 is 5.32 Å². The third-order valence-electron chi connectivity index (χ3n) is 2.82. The van der Waals surface area contributed by atoms with Crippen LogP contribution in [-0.4, -0.2) is 41.0 Å². The van der Waals surface area contributed by atoms with Crippen LogP contribution in [0.2, 0.25) is 0 Å². The number of thiocarbonyl (C=S) groups is 1. The van der Waals surface area contributed by atoms with Gasteiger partial charge in [0.05, 0.1) is 11.4 Å². The van der Waals surface area contributed by atoms with E-state index < -0.39 is 0 Å². The number of hydrogen-bond acceptors (Lipinski definition) is 5. The minimum absolute atomic E-state index is 0.542. The summed E-state index contributed by atoms with van der Waals surface area (Å²) in [5.41, 5.74) is 7.84. The second-order valence-electron chi connectivity index (χ2n) is 4.39. The zero-order valence-corrected chi connectivity index (χ0v) is 14.5. The molecule has 1 aliphatic rings. The monoisotopic (exact) mass is 328 g/mol. The number of rotatable bonds is 4. The van der Waals surface area contributed by atoms with Gasteiger partial charge in [-0.25, -0.2) is 0 Å². The summed E-state index contributed by atoms with van der Waals surface area (Å²) in [6, 6.07) is 0. The van der Waals surface area contributed by atoms with E-state index in [0.717, 1.165) is 55.4 Å². The van der Waals surface area contributed by atoms with Crippen LogP contribution >= 0.6 is 24.0 Å². The molecule has 0 radical (unpaired) electrons. The van der Waals surface area contributed by atoms with Crippen molar-refractivity contribution in [2.24, 2.45) is 15.2 Å². The Morgan fingerprint density at radius 2 is 1.76 bits per heavy atom. The molecule has 0 unspecified atom stereocenters. The summed E-state index contributed by atoms with van der Waals surface area (Å²) >= 11 is 6.67. The molecule has 0 aliphatic heterocycles. The molecule has 0 amide bonds. The molecule has 118 valence electrons. The zero-order valence-electron chi connectivity index (χ0n) is 12.9. The summed E-state index contributed by atoms with van der Waals surface area (Å²) in [6.07, 6.45) is 6.09. The maximum atomic E-state index is 5.11. The maximum Gasteiger partial charge on any atom is 0.186 e. The molecule has 0 spiro atoms. The van der Waals surface area contributed by atoms with Gasteiger partial charge in [0, 0.05) is 13.1 Å². The SMILES string of the molecule is CCN=C(N/N=C1\CCCC\C1=N/NC(=S)NCC)SC. The molecule has 1 rings (SSSR count). The second kappa shape index (κ2) is 10.6. The third kappa shape index (κ3) is 6.90. The van der Waals surface area contributed by atoms with E-state index in [0.29, 0.717) is 5.11 Å². The first-order valence-corrected chi connectivity index (χ1v) is 8.86. The summed E-state index contributed by atoms with van der Waals surface area (Å²) in [5.74, 6) is 0. The Hall–Kier alpha value is -1.15. The van der Waals surface area contributed by atoms with E-state index in [1.807, 2.05) is 20.1 Å². The minimum Gasteiger partial charge on any atom is -0.362 e. The number of aliphatic imine (C=N–C) groups is 1. The standard InChI is InChI=1S/C13H24N6S2/c1-4-14-12(20)18-16-10-8-6-7-9-11(10)17-19-13(21-3)15-5-2/h4-9H2,1-3H3,(H,15,19)(H2,14,18,20)/b16-10+,17-11+. The van der Waals surface area contributed by atoms with Crippen molar-refractivity contribution in [2.75, 3.05) is 19.3 Å². The van der Waals surface area contributed by atoms with Crippen molar-refractivity contribution in [3.63, 3.8) is 0 Å². The smallest absolute Gasteiger partial charge is 0.186 e. The Bertz CT molecular complexity index is 430. The van der Waals surface area contributed by atoms with Crippen LogP contribution in [0.3, 0.4) is 0 Å². The predicted octanol–water partition coefficient (Wildman–Crippen LogP) is 2.08. The predicted molar refractivity (Wildman–Crippen MR) is 97.4 cm³/mol. The molecule has 0 bridgehead atoms. The molecule has 1 aliphatic carbocycles. The van der Waals surface area contributed by atoms with Crippen LogP contribution in [-0.2, 0) is 0 Å². The molecule has 0 aromatic heterocycles. The number of hydrogen-bond donors (Lipinski definition) is 3. The number of hydrazone groups is 2. The van der Waals surface area contributed by atoms with Gasteiger partial charge in [0.2, 0.25) is 0 Å². The topological polar surface area (TPSA) is 73.2 Å². The van der Waals surface area contributed by atoms with Gasteiger partial charge >= 0.3 is 0 Å². The third-order valence-corrected chi connectivity index (χ3v) is 3.66. The molecule has 3 N–H and O–H groups in total. The molecule has 8 heteroatoms. The molecule has 1 fully saturated rings. The Kier molecular flexibility index (Phi) is 9.00. The van der Waals surface area contributed by atoms with Crippen LogP contribution in [0.1, 0.15) is 39.5 Å². The fourth-order valence-corrected chi connectivity index (χ4v) is 2.42. The average Bonchev–Trinajstić information content (AvgIpc) is 2.50. The van der Waals surface area contributed by atoms with E-state index in [4.69, 9.17) is 12.2 Å². The van der Waals surface area contributed by atoms with Gasteiger partial charge in [0.25, 0.3) is 0 Å². The lowest BCUT2D eigenvalue weighted by molar-refractivity contribution is 0.764. The molecule has 6 nitrogen and oxygen atoms in total. The average molecular weight is 329 g/mol. The van der Waals surface area contributed by atoms with Crippen molar-refractivity contribution in [3.8, 4) is 0 Å². The summed E-state index contributed by atoms with van der Waals surface area (Å²) in [5, 5.41) is 13.2. The lowest BCUT2D eigenvalue weighted by Crippen LogP contribution is -2.34. The normalized spacial score (nSPS) is 19.7. The molecule has 0 heterocycles. The number of amidine groups is 1. The van der Waals surface area contributed by atoms with Gasteiger partial charge in [-0.3, -0.25) is 15.8 Å². The van der Waals surface area contributed by atoms with Crippen molar-refractivity contribution in [3.05, 3.63) is 0 Å². The van der Waals surface area contributed by atoms with Gasteiger partial charge in [0.1, 0.15) is 0 Å². The number of thioether (sulfide) groups is 1. The Labute approximate surface area is 136 Å². The van der Waals surface area contributed by atoms with Crippen molar-refractivity contribution in [1.82, 2.24) is 16.2 Å². The fourth-order valence-electron chi connectivity index (χ4n) is 1.84. The highest BCUT2D eigenvalue weighted by molar-refractivity contribution is 8.13. The Morgan fingerprint density at radius 3 is 2.29 bits per heavy atom. The first-order valence-electron chi connectivity index (χ1n) is 7.23. The first-order chi connectivity index (χ1) is 10.2. The van der Waals surface area contributed by atoms with Crippen LogP contribution in [0.4, 0.5) is 0 Å². The molecular formula is C13H24N6S2. The Balaban J connectivity index is 2.70. The van der Waals surface area contributed by atoms with Gasteiger partial charge in [-0.2, -0.15) is 10.2 Å². The highest BCUT2D eigenvalue weighted by Gasteiger charge is 2.15. The highest BCUT2D eigenvalue weighted by Crippen LogP contribution is 2.13. The quantitative estimate of drug-likeness (QED) is 0.319. The molecule has 1 saturated carbocycles. The van der Waals surface area contributed by atoms with E-state index in [1.54, 1.807) is 11.8 Å². The first kappa shape index (κ1) is 17.9. The Morgan fingerprint density at radius 1 is 1.14 bits per heavy atom. The highest BCUT2D eigenvalue weighted by atomic mass is 32.2. The number of nitrogens with zero attached hydrogens (tertiary/aromatic N) is 3. The van der Waals surface area contributed by atoms with Crippen molar-refractivity contribution < 1.29 is 0 Å². The lowest BCUT2D eigenvalue weighted by Gasteiger charge is -2.16. The zero-order chi connectivity index (χ0) is 15.5. The van der Waals surface area contributed by atoms with Gasteiger partial charge in [-0.15, -0.1) is 0 Å². The maximum absolute atomic E-state index is 5.11. The summed E-state index contributed by atoms with van der Waals surface area (Å²) in [7, 11) is 0. The van der Waals surface area contributed by atoms with Gasteiger partial charge in [-0.1, -0.05) is 11.8 Å². The number of nitrogens with one attached hydrogen (secondary N) is 3. The van der Waals surface area contributed by atoms with Gasteiger partial charge in [-0.05, 0) is 58.0 Å². The summed E-state index contributed by atoms with van der Waals surface area (Å²) < 4.78 is 0. The van der Waals surface area contributed by atoms with Crippen LogP contribution < -0.4 is 16.2 Å². The lowest BCUT2D eigenvalue weighted by atomic mass is 9.96. The van der Waals surface area contributed by atoms with E-state index in [9.17, 15) is 0 Å². The molecule has 0 aromatic rings. The largest absolute Gasteiger partial charge is 0.362 e. The van der Waals surface area contributed by atoms with Gasteiger partial charge in [0.15, 0.2) is 10.3 Å². The van der Waals surface area contributed by atoms with Crippen LogP contribution in [0.25, 0.3) is 0 Å². The van der Waals surface area contributed by atoms with Crippen molar-refractivity contribution >= 4 is 45.7 Å². The molecule has 0 atom stereocenters. The van der Waals surface area contributed by atoms with E-state index >= 15 is 0 Å². The van der Waals surface area contributed by atoms with E-state index in [1.165, 1.54) is 0 Å². The van der Waals surface area contributed by atoms with Crippen LogP contribution in [0.5, 0.6) is 0 Å². The molecule has 21 heavy (non-hydrogen) atoms. The van der Waals surface area contributed by atoms with E-state index in [-0.39, 0.29) is 0 Å². The summed E-state index contributed by atoms with van der Waals surface area (Å²) in [4.78, 5) is 4.33. The van der Waals surface area contributed by atoms with Crippen molar-refractivity contribution in [2.45, 2.75) is 39.5 Å². The van der Waals surface area contributed by atoms with Crippen LogP contribution in [0.15, 0.2) is 15.2 Å². The second-order valence-corrected chi connectivity index (χ2v) is 5.59. The van der Waals surface area contributed by atoms with Crippen molar-refractivity contribution in [1.29, 1.82) is 0 Å².